The Morgan fingerprint density at radius 3 is 2.90 bits per heavy atom. The van der Waals surface area contributed by atoms with Gasteiger partial charge in [0.05, 0.1) is 17.1 Å². The lowest BCUT2D eigenvalue weighted by molar-refractivity contribution is 0.0924. The van der Waals surface area contributed by atoms with Crippen LogP contribution in [-0.4, -0.2) is 12.5 Å². The Morgan fingerprint density at radius 2 is 2.10 bits per heavy atom. The van der Waals surface area contributed by atoms with Gasteiger partial charge in [-0.3, -0.25) is 4.79 Å². The lowest BCUT2D eigenvalue weighted by atomic mass is 10.00. The minimum Gasteiger partial charge on any atom is -0.493 e. The van der Waals surface area contributed by atoms with Gasteiger partial charge in [-0.05, 0) is 40.2 Å². The Labute approximate surface area is 130 Å². The normalized spacial score (nSPS) is 16.8. The van der Waals surface area contributed by atoms with Gasteiger partial charge >= 0.3 is 0 Å². The molecule has 0 saturated carbocycles. The molecule has 0 fully saturated rings. The molecule has 21 heavy (non-hydrogen) atoms. The number of rotatable bonds is 2. The minimum absolute atomic E-state index is 0.117. The second-order valence-corrected chi connectivity index (χ2v) is 5.68. The summed E-state index contributed by atoms with van der Waals surface area (Å²) < 4.78 is 19.4. The number of halogens is 2. The van der Waals surface area contributed by atoms with E-state index in [1.54, 1.807) is 6.07 Å². The smallest absolute Gasteiger partial charge is 0.251 e. The first-order valence-electron chi connectivity index (χ1n) is 6.63. The molecule has 0 bridgehead atoms. The van der Waals surface area contributed by atoms with Crippen molar-refractivity contribution < 1.29 is 13.9 Å². The summed E-state index contributed by atoms with van der Waals surface area (Å²) in [4.78, 5) is 12.3. The van der Waals surface area contributed by atoms with Gasteiger partial charge in [-0.1, -0.05) is 18.2 Å². The highest BCUT2D eigenvalue weighted by molar-refractivity contribution is 9.10. The van der Waals surface area contributed by atoms with Gasteiger partial charge in [0.15, 0.2) is 0 Å². The molecule has 1 aliphatic heterocycles. The summed E-state index contributed by atoms with van der Waals surface area (Å²) in [5, 5.41) is 2.94. The first kappa shape index (κ1) is 14.1. The van der Waals surface area contributed by atoms with Crippen LogP contribution < -0.4 is 10.1 Å². The summed E-state index contributed by atoms with van der Waals surface area (Å²) in [5.41, 5.74) is 1.26. The number of carbonyl (C=O) groups is 1. The van der Waals surface area contributed by atoms with Crippen LogP contribution in [0.5, 0.6) is 5.75 Å². The molecule has 1 aliphatic rings. The fourth-order valence-electron chi connectivity index (χ4n) is 2.37. The van der Waals surface area contributed by atoms with Crippen LogP contribution in [0.4, 0.5) is 4.39 Å². The van der Waals surface area contributed by atoms with E-state index in [1.807, 2.05) is 24.3 Å². The van der Waals surface area contributed by atoms with Crippen LogP contribution in [0.2, 0.25) is 0 Å². The maximum Gasteiger partial charge on any atom is 0.251 e. The van der Waals surface area contributed by atoms with Gasteiger partial charge in [0.2, 0.25) is 0 Å². The Kier molecular flexibility index (Phi) is 3.92. The standard InChI is InChI=1S/C16H13BrFNO2/c17-12-6-5-10(9-13(12)18)16(20)19-14-7-8-21-15-4-2-1-3-11(14)15/h1-6,9,14H,7-8H2,(H,19,20). The first-order valence-corrected chi connectivity index (χ1v) is 7.42. The zero-order valence-corrected chi connectivity index (χ0v) is 12.7. The molecule has 0 aromatic heterocycles. The summed E-state index contributed by atoms with van der Waals surface area (Å²) in [6.45, 7) is 0.552. The van der Waals surface area contributed by atoms with Crippen LogP contribution in [0.15, 0.2) is 46.9 Å². The maximum atomic E-state index is 13.5. The van der Waals surface area contributed by atoms with E-state index in [1.165, 1.54) is 12.1 Å². The van der Waals surface area contributed by atoms with Crippen molar-refractivity contribution in [2.24, 2.45) is 0 Å². The molecule has 1 N–H and O–H groups in total. The molecule has 0 radical (unpaired) electrons. The lowest BCUT2D eigenvalue weighted by Gasteiger charge is -2.26. The molecular weight excluding hydrogens is 337 g/mol. The topological polar surface area (TPSA) is 38.3 Å². The van der Waals surface area contributed by atoms with E-state index in [0.717, 1.165) is 11.3 Å². The minimum atomic E-state index is -0.449. The second-order valence-electron chi connectivity index (χ2n) is 4.83. The lowest BCUT2D eigenvalue weighted by Crippen LogP contribution is -2.32. The molecule has 3 nitrogen and oxygen atoms in total. The van der Waals surface area contributed by atoms with E-state index >= 15 is 0 Å². The number of hydrogen-bond donors (Lipinski definition) is 1. The molecule has 0 spiro atoms. The summed E-state index contributed by atoms with van der Waals surface area (Å²) in [6.07, 6.45) is 0.696. The van der Waals surface area contributed by atoms with E-state index in [9.17, 15) is 9.18 Å². The van der Waals surface area contributed by atoms with Gasteiger partial charge < -0.3 is 10.1 Å². The number of ether oxygens (including phenoxy) is 1. The van der Waals surface area contributed by atoms with E-state index in [-0.39, 0.29) is 11.9 Å². The van der Waals surface area contributed by atoms with Crippen molar-refractivity contribution in [1.82, 2.24) is 5.32 Å². The average Bonchev–Trinajstić information content (AvgIpc) is 2.50. The molecule has 3 rings (SSSR count). The van der Waals surface area contributed by atoms with Gasteiger partial charge in [-0.2, -0.15) is 0 Å². The molecule has 0 aliphatic carbocycles. The van der Waals surface area contributed by atoms with E-state index in [4.69, 9.17) is 4.74 Å². The van der Waals surface area contributed by atoms with Crippen LogP contribution in [0, 0.1) is 5.82 Å². The Hall–Kier alpha value is -1.88. The van der Waals surface area contributed by atoms with Crippen molar-refractivity contribution in [3.63, 3.8) is 0 Å². The van der Waals surface area contributed by atoms with E-state index in [0.29, 0.717) is 23.1 Å². The molecule has 1 unspecified atom stereocenters. The Morgan fingerprint density at radius 1 is 1.29 bits per heavy atom. The van der Waals surface area contributed by atoms with Crippen molar-refractivity contribution in [1.29, 1.82) is 0 Å². The molecule has 1 amide bonds. The summed E-state index contributed by atoms with van der Waals surface area (Å²) >= 11 is 3.08. The van der Waals surface area contributed by atoms with Crippen molar-refractivity contribution in [2.75, 3.05) is 6.61 Å². The Bertz CT molecular complexity index is 690. The molecule has 108 valence electrons. The van der Waals surface area contributed by atoms with Crippen molar-refractivity contribution in [3.05, 3.63) is 63.9 Å². The van der Waals surface area contributed by atoms with Gasteiger partial charge in [0.25, 0.3) is 5.91 Å². The zero-order chi connectivity index (χ0) is 14.8. The number of hydrogen-bond acceptors (Lipinski definition) is 2. The highest BCUT2D eigenvalue weighted by atomic mass is 79.9. The maximum absolute atomic E-state index is 13.5. The summed E-state index contributed by atoms with van der Waals surface area (Å²) in [5.74, 6) is 0.0502. The largest absolute Gasteiger partial charge is 0.493 e. The number of amides is 1. The van der Waals surface area contributed by atoms with Gasteiger partial charge in [-0.15, -0.1) is 0 Å². The molecule has 0 saturated heterocycles. The third-order valence-electron chi connectivity index (χ3n) is 3.45. The number of fused-ring (bicyclic) bond motifs is 1. The van der Waals surface area contributed by atoms with Gasteiger partial charge in [-0.25, -0.2) is 4.39 Å². The van der Waals surface area contributed by atoms with Crippen molar-refractivity contribution >= 4 is 21.8 Å². The molecule has 1 heterocycles. The molecule has 5 heteroatoms. The molecule has 2 aromatic carbocycles. The molecule has 2 aromatic rings. The monoisotopic (exact) mass is 349 g/mol. The van der Waals surface area contributed by atoms with Gasteiger partial charge in [0, 0.05) is 17.5 Å². The van der Waals surface area contributed by atoms with Crippen LogP contribution in [0.1, 0.15) is 28.4 Å². The summed E-state index contributed by atoms with van der Waals surface area (Å²) in [7, 11) is 0. The fraction of sp³-hybridized carbons (Fsp3) is 0.188. The highest BCUT2D eigenvalue weighted by Crippen LogP contribution is 2.31. The third kappa shape index (κ3) is 2.93. The van der Waals surface area contributed by atoms with Crippen LogP contribution in [-0.2, 0) is 0 Å². The Balaban J connectivity index is 1.81. The SMILES string of the molecule is O=C(NC1CCOc2ccccc21)c1ccc(Br)c(F)c1. The van der Waals surface area contributed by atoms with Crippen molar-refractivity contribution in [2.45, 2.75) is 12.5 Å². The predicted octanol–water partition coefficient (Wildman–Crippen LogP) is 3.84. The van der Waals surface area contributed by atoms with Crippen molar-refractivity contribution in [3.8, 4) is 5.75 Å². The summed E-state index contributed by atoms with van der Waals surface area (Å²) in [6, 6.07) is 11.8. The average molecular weight is 350 g/mol. The predicted molar refractivity (Wildman–Crippen MR) is 80.9 cm³/mol. The van der Waals surface area contributed by atoms with Crippen LogP contribution >= 0.6 is 15.9 Å². The number of benzene rings is 2. The number of para-hydroxylation sites is 1. The number of carbonyl (C=O) groups excluding carboxylic acids is 1. The quantitative estimate of drug-likeness (QED) is 0.894. The van der Waals surface area contributed by atoms with E-state index < -0.39 is 5.82 Å². The zero-order valence-electron chi connectivity index (χ0n) is 11.1. The highest BCUT2D eigenvalue weighted by Gasteiger charge is 2.23. The molecular formula is C16H13BrFNO2. The van der Waals surface area contributed by atoms with Crippen LogP contribution in [0.3, 0.4) is 0 Å². The second kappa shape index (κ2) is 5.85. The third-order valence-corrected chi connectivity index (χ3v) is 4.09. The van der Waals surface area contributed by atoms with Crippen LogP contribution in [0.25, 0.3) is 0 Å². The first-order chi connectivity index (χ1) is 10.1. The fourth-order valence-corrected chi connectivity index (χ4v) is 2.62. The van der Waals surface area contributed by atoms with Gasteiger partial charge in [0.1, 0.15) is 11.6 Å². The molecule has 1 atom stereocenters. The van der Waals surface area contributed by atoms with E-state index in [2.05, 4.69) is 21.2 Å². The number of nitrogens with one attached hydrogen (secondary N) is 1.